The monoisotopic (exact) mass is 314 g/mol. The third-order valence-corrected chi connectivity index (χ3v) is 3.92. The summed E-state index contributed by atoms with van der Waals surface area (Å²) in [6, 6.07) is 11.0. The van der Waals surface area contributed by atoms with Crippen molar-refractivity contribution in [2.75, 3.05) is 38.3 Å². The number of rotatable bonds is 3. The standard InChI is InChI=1S/C17H18N2O4/c1-18-12-8-6-5-7-11(12)17(20)19(23-4)14-10-16(22-3)15(21-2)9-13(14)18/h5-10H,1-4H3. The summed E-state index contributed by atoms with van der Waals surface area (Å²) in [6.07, 6.45) is 0. The van der Waals surface area contributed by atoms with Crippen LogP contribution in [-0.4, -0.2) is 34.3 Å². The molecule has 0 spiro atoms. The Morgan fingerprint density at radius 1 is 0.870 bits per heavy atom. The quantitative estimate of drug-likeness (QED) is 0.872. The zero-order valence-electron chi connectivity index (χ0n) is 13.5. The molecule has 2 aromatic rings. The van der Waals surface area contributed by atoms with E-state index in [-0.39, 0.29) is 5.91 Å². The summed E-state index contributed by atoms with van der Waals surface area (Å²) >= 11 is 0. The zero-order valence-corrected chi connectivity index (χ0v) is 13.5. The van der Waals surface area contributed by atoms with E-state index in [9.17, 15) is 4.79 Å². The fraction of sp³-hybridized carbons (Fsp3) is 0.235. The number of hydroxylamine groups is 1. The largest absolute Gasteiger partial charge is 0.493 e. The molecule has 1 heterocycles. The maximum Gasteiger partial charge on any atom is 0.284 e. The normalized spacial score (nSPS) is 13.3. The highest BCUT2D eigenvalue weighted by Gasteiger charge is 2.31. The van der Waals surface area contributed by atoms with Crippen molar-refractivity contribution in [3.8, 4) is 11.5 Å². The van der Waals surface area contributed by atoms with Crippen LogP contribution < -0.4 is 19.4 Å². The van der Waals surface area contributed by atoms with E-state index in [1.807, 2.05) is 36.2 Å². The lowest BCUT2D eigenvalue weighted by Crippen LogP contribution is -2.29. The Morgan fingerprint density at radius 2 is 1.48 bits per heavy atom. The molecule has 0 bridgehead atoms. The van der Waals surface area contributed by atoms with Crippen LogP contribution in [0.1, 0.15) is 10.4 Å². The van der Waals surface area contributed by atoms with Crippen LogP contribution in [0.4, 0.5) is 17.1 Å². The minimum atomic E-state index is -0.235. The van der Waals surface area contributed by atoms with Gasteiger partial charge >= 0.3 is 0 Å². The van der Waals surface area contributed by atoms with Crippen molar-refractivity contribution < 1.29 is 19.1 Å². The van der Waals surface area contributed by atoms with E-state index in [0.29, 0.717) is 22.7 Å². The number of nitrogens with zero attached hydrogens (tertiary/aromatic N) is 2. The van der Waals surface area contributed by atoms with Gasteiger partial charge in [-0.2, -0.15) is 5.06 Å². The lowest BCUT2D eigenvalue weighted by atomic mass is 10.1. The van der Waals surface area contributed by atoms with Gasteiger partial charge in [0.05, 0.1) is 38.3 Å². The first-order chi connectivity index (χ1) is 11.1. The molecule has 1 amide bonds. The Kier molecular flexibility index (Phi) is 3.83. The molecule has 3 rings (SSSR count). The molecule has 0 saturated heterocycles. The Bertz CT molecular complexity index is 760. The highest BCUT2D eigenvalue weighted by Crippen LogP contribution is 2.45. The Labute approximate surface area is 134 Å². The molecule has 120 valence electrons. The first-order valence-corrected chi connectivity index (χ1v) is 7.09. The molecule has 2 aromatic carbocycles. The van der Waals surface area contributed by atoms with Gasteiger partial charge in [0.2, 0.25) is 0 Å². The zero-order chi connectivity index (χ0) is 16.6. The van der Waals surface area contributed by atoms with E-state index in [2.05, 4.69) is 0 Å². The molecule has 0 fully saturated rings. The second kappa shape index (κ2) is 5.81. The predicted octanol–water partition coefficient (Wildman–Crippen LogP) is 2.99. The number of methoxy groups -OCH3 is 2. The van der Waals surface area contributed by atoms with Crippen LogP contribution in [0.25, 0.3) is 0 Å². The van der Waals surface area contributed by atoms with Gasteiger partial charge in [-0.05, 0) is 12.1 Å². The van der Waals surface area contributed by atoms with Crippen molar-refractivity contribution in [3.63, 3.8) is 0 Å². The summed E-state index contributed by atoms with van der Waals surface area (Å²) in [5.41, 5.74) is 2.73. The molecular formula is C17H18N2O4. The van der Waals surface area contributed by atoms with Crippen LogP contribution in [0.5, 0.6) is 11.5 Å². The lowest BCUT2D eigenvalue weighted by molar-refractivity contribution is 0.0776. The number of carbonyl (C=O) groups excluding carboxylic acids is 1. The third-order valence-electron chi connectivity index (χ3n) is 3.92. The number of anilines is 3. The maximum atomic E-state index is 12.8. The van der Waals surface area contributed by atoms with Gasteiger partial charge in [0, 0.05) is 19.2 Å². The van der Waals surface area contributed by atoms with Crippen molar-refractivity contribution in [3.05, 3.63) is 42.0 Å². The van der Waals surface area contributed by atoms with Crippen molar-refractivity contribution in [1.29, 1.82) is 0 Å². The number of ether oxygens (including phenoxy) is 2. The Balaban J connectivity index is 2.30. The van der Waals surface area contributed by atoms with Gasteiger partial charge in [0.1, 0.15) is 5.69 Å². The fourth-order valence-corrected chi connectivity index (χ4v) is 2.77. The summed E-state index contributed by atoms with van der Waals surface area (Å²) in [5.74, 6) is 0.877. The molecule has 0 N–H and O–H groups in total. The summed E-state index contributed by atoms with van der Waals surface area (Å²) in [6.45, 7) is 0. The molecular weight excluding hydrogens is 296 g/mol. The highest BCUT2D eigenvalue weighted by atomic mass is 16.7. The number of carbonyl (C=O) groups is 1. The first kappa shape index (κ1) is 15.2. The molecule has 0 unspecified atom stereocenters. The van der Waals surface area contributed by atoms with Gasteiger partial charge in [0.15, 0.2) is 11.5 Å². The highest BCUT2D eigenvalue weighted by molar-refractivity contribution is 6.13. The first-order valence-electron chi connectivity index (χ1n) is 7.09. The van der Waals surface area contributed by atoms with Gasteiger partial charge in [-0.1, -0.05) is 12.1 Å². The van der Waals surface area contributed by atoms with Crippen LogP contribution in [0.3, 0.4) is 0 Å². The van der Waals surface area contributed by atoms with E-state index < -0.39 is 0 Å². The number of fused-ring (bicyclic) bond motifs is 2. The second-order valence-electron chi connectivity index (χ2n) is 5.05. The smallest absolute Gasteiger partial charge is 0.284 e. The minimum Gasteiger partial charge on any atom is -0.493 e. The summed E-state index contributed by atoms with van der Waals surface area (Å²) < 4.78 is 10.7. The predicted molar refractivity (Wildman–Crippen MR) is 87.9 cm³/mol. The van der Waals surface area contributed by atoms with E-state index >= 15 is 0 Å². The number of benzene rings is 2. The maximum absolute atomic E-state index is 12.8. The number of amides is 1. The Hall–Kier alpha value is -2.73. The van der Waals surface area contributed by atoms with E-state index in [4.69, 9.17) is 14.3 Å². The summed E-state index contributed by atoms with van der Waals surface area (Å²) in [4.78, 5) is 20.1. The van der Waals surface area contributed by atoms with Crippen molar-refractivity contribution in [2.24, 2.45) is 0 Å². The van der Waals surface area contributed by atoms with Crippen LogP contribution >= 0.6 is 0 Å². The molecule has 23 heavy (non-hydrogen) atoms. The summed E-state index contributed by atoms with van der Waals surface area (Å²) in [7, 11) is 6.49. The topological polar surface area (TPSA) is 51.2 Å². The van der Waals surface area contributed by atoms with E-state index in [1.54, 1.807) is 26.4 Å². The third kappa shape index (κ3) is 2.27. The fourth-order valence-electron chi connectivity index (χ4n) is 2.77. The number of hydrogen-bond acceptors (Lipinski definition) is 5. The van der Waals surface area contributed by atoms with Crippen molar-refractivity contribution >= 4 is 23.0 Å². The minimum absolute atomic E-state index is 0.235. The van der Waals surface area contributed by atoms with Gasteiger partial charge in [-0.3, -0.25) is 9.63 Å². The van der Waals surface area contributed by atoms with Gasteiger partial charge in [-0.15, -0.1) is 0 Å². The second-order valence-corrected chi connectivity index (χ2v) is 5.05. The average Bonchev–Trinajstić information content (AvgIpc) is 2.68. The van der Waals surface area contributed by atoms with Crippen LogP contribution in [-0.2, 0) is 4.84 Å². The molecule has 0 saturated carbocycles. The molecule has 0 atom stereocenters. The lowest BCUT2D eigenvalue weighted by Gasteiger charge is -2.24. The van der Waals surface area contributed by atoms with Crippen LogP contribution in [0.2, 0.25) is 0 Å². The van der Waals surface area contributed by atoms with Gasteiger partial charge < -0.3 is 14.4 Å². The molecule has 0 radical (unpaired) electrons. The van der Waals surface area contributed by atoms with E-state index in [0.717, 1.165) is 11.4 Å². The Morgan fingerprint density at radius 3 is 2.09 bits per heavy atom. The SMILES string of the molecule is COc1cc2c(cc1OC)N(C)c1ccccc1C(=O)N2OC. The average molecular weight is 314 g/mol. The molecule has 1 aliphatic heterocycles. The van der Waals surface area contributed by atoms with Crippen LogP contribution in [0, 0.1) is 0 Å². The van der Waals surface area contributed by atoms with Crippen molar-refractivity contribution in [1.82, 2.24) is 0 Å². The number of para-hydroxylation sites is 1. The molecule has 1 aliphatic rings. The molecule has 0 aromatic heterocycles. The molecule has 0 aliphatic carbocycles. The number of hydrogen-bond donors (Lipinski definition) is 0. The summed E-state index contributed by atoms with van der Waals surface area (Å²) in [5, 5.41) is 1.26. The molecule has 6 nitrogen and oxygen atoms in total. The van der Waals surface area contributed by atoms with Gasteiger partial charge in [-0.25, -0.2) is 0 Å². The van der Waals surface area contributed by atoms with Crippen molar-refractivity contribution in [2.45, 2.75) is 0 Å². The van der Waals surface area contributed by atoms with E-state index in [1.165, 1.54) is 12.2 Å². The van der Waals surface area contributed by atoms with Crippen LogP contribution in [0.15, 0.2) is 36.4 Å². The molecule has 6 heteroatoms. The van der Waals surface area contributed by atoms with Gasteiger partial charge in [0.25, 0.3) is 5.91 Å².